The maximum absolute atomic E-state index is 4.24. The van der Waals surface area contributed by atoms with Gasteiger partial charge in [0.2, 0.25) is 0 Å². The molecule has 0 aliphatic rings. The van der Waals surface area contributed by atoms with Gasteiger partial charge in [0, 0.05) is 18.4 Å². The van der Waals surface area contributed by atoms with E-state index in [4.69, 9.17) is 0 Å². The highest BCUT2D eigenvalue weighted by atomic mass is 15.3. The van der Waals surface area contributed by atoms with Gasteiger partial charge in [0.1, 0.15) is 0 Å². The van der Waals surface area contributed by atoms with Crippen molar-refractivity contribution in [1.29, 1.82) is 0 Å². The van der Waals surface area contributed by atoms with Crippen LogP contribution in [0.5, 0.6) is 0 Å². The summed E-state index contributed by atoms with van der Waals surface area (Å²) in [4.78, 5) is 0. The Bertz CT molecular complexity index is 308. The second-order valence-corrected chi connectivity index (χ2v) is 6.27. The first-order valence-corrected chi connectivity index (χ1v) is 9.03. The largest absolute Gasteiger partial charge is 0.312 e. The lowest BCUT2D eigenvalue weighted by atomic mass is 10.1. The minimum absolute atomic E-state index is 0.503. The van der Waals surface area contributed by atoms with E-state index in [-0.39, 0.29) is 0 Å². The molecule has 0 aromatic carbocycles. The lowest BCUT2D eigenvalue weighted by Crippen LogP contribution is -2.31. The maximum Gasteiger partial charge on any atom is 0.0559 e. The van der Waals surface area contributed by atoms with Gasteiger partial charge in [0.25, 0.3) is 0 Å². The molecule has 3 nitrogen and oxygen atoms in total. The Morgan fingerprint density at radius 1 is 0.952 bits per heavy atom. The van der Waals surface area contributed by atoms with Crippen molar-refractivity contribution in [3.8, 4) is 0 Å². The van der Waals surface area contributed by atoms with E-state index in [2.05, 4.69) is 24.3 Å². The number of nitrogens with one attached hydrogen (secondary N) is 1. The third kappa shape index (κ3) is 10.5. The fourth-order valence-electron chi connectivity index (χ4n) is 2.71. The maximum atomic E-state index is 4.24. The van der Waals surface area contributed by atoms with Gasteiger partial charge < -0.3 is 5.32 Å². The van der Waals surface area contributed by atoms with E-state index >= 15 is 0 Å². The summed E-state index contributed by atoms with van der Waals surface area (Å²) in [6.07, 6.45) is 17.9. The molecule has 1 unspecified atom stereocenters. The highest BCUT2D eigenvalue weighted by molar-refractivity contribution is 4.78. The number of hydrogen-bond acceptors (Lipinski definition) is 2. The molecule has 0 aliphatic heterocycles. The van der Waals surface area contributed by atoms with Crippen LogP contribution in [0.4, 0.5) is 0 Å². The summed E-state index contributed by atoms with van der Waals surface area (Å²) in [5.41, 5.74) is 0. The zero-order valence-corrected chi connectivity index (χ0v) is 14.2. The van der Waals surface area contributed by atoms with Gasteiger partial charge in [-0.05, 0) is 26.0 Å². The summed E-state index contributed by atoms with van der Waals surface area (Å²) in [5, 5.41) is 7.82. The molecular weight excluding hydrogens is 258 g/mol. The molecule has 21 heavy (non-hydrogen) atoms. The SMILES string of the molecule is CCCCCCCCCCCCNC(C)Cn1cccn1. The Balaban J connectivity index is 1.80. The van der Waals surface area contributed by atoms with Gasteiger partial charge in [-0.1, -0.05) is 64.7 Å². The van der Waals surface area contributed by atoms with Crippen molar-refractivity contribution in [3.05, 3.63) is 18.5 Å². The van der Waals surface area contributed by atoms with E-state index in [9.17, 15) is 0 Å². The van der Waals surface area contributed by atoms with Crippen molar-refractivity contribution in [2.24, 2.45) is 0 Å². The van der Waals surface area contributed by atoms with Crippen LogP contribution in [-0.4, -0.2) is 22.4 Å². The van der Waals surface area contributed by atoms with E-state index in [0.717, 1.165) is 13.1 Å². The number of nitrogens with zero attached hydrogens (tertiary/aromatic N) is 2. The average molecular weight is 293 g/mol. The predicted molar refractivity (Wildman–Crippen MR) is 91.5 cm³/mol. The van der Waals surface area contributed by atoms with E-state index in [1.165, 1.54) is 64.2 Å². The third-order valence-electron chi connectivity index (χ3n) is 4.04. The van der Waals surface area contributed by atoms with Crippen LogP contribution in [0.3, 0.4) is 0 Å². The predicted octanol–water partition coefficient (Wildman–Crippen LogP) is 4.78. The van der Waals surface area contributed by atoms with Crippen LogP contribution in [0.25, 0.3) is 0 Å². The summed E-state index contributed by atoms with van der Waals surface area (Å²) >= 11 is 0. The number of rotatable bonds is 14. The first-order valence-electron chi connectivity index (χ1n) is 9.03. The summed E-state index contributed by atoms with van der Waals surface area (Å²) in [6, 6.07) is 2.48. The van der Waals surface area contributed by atoms with Crippen LogP contribution >= 0.6 is 0 Å². The van der Waals surface area contributed by atoms with Crippen LogP contribution in [0.1, 0.15) is 78.1 Å². The molecule has 122 valence electrons. The van der Waals surface area contributed by atoms with Gasteiger partial charge in [-0.15, -0.1) is 0 Å². The molecule has 1 aromatic heterocycles. The van der Waals surface area contributed by atoms with E-state index < -0.39 is 0 Å². The highest BCUT2D eigenvalue weighted by Gasteiger charge is 2.01. The Morgan fingerprint density at radius 2 is 1.57 bits per heavy atom. The zero-order valence-electron chi connectivity index (χ0n) is 14.2. The molecule has 0 spiro atoms. The van der Waals surface area contributed by atoms with Gasteiger partial charge in [-0.25, -0.2) is 0 Å². The third-order valence-corrected chi connectivity index (χ3v) is 4.04. The van der Waals surface area contributed by atoms with Crippen LogP contribution in [0, 0.1) is 0 Å². The lowest BCUT2D eigenvalue weighted by Gasteiger charge is -2.13. The minimum Gasteiger partial charge on any atom is -0.312 e. The quantitative estimate of drug-likeness (QED) is 0.500. The molecule has 1 aromatic rings. The fourth-order valence-corrected chi connectivity index (χ4v) is 2.71. The standard InChI is InChI=1S/C18H35N3/c1-3-4-5-6-7-8-9-10-11-12-14-19-18(2)17-21-16-13-15-20-21/h13,15-16,18-19H,3-12,14,17H2,1-2H3. The molecular formula is C18H35N3. The minimum atomic E-state index is 0.503. The Kier molecular flexibility index (Phi) is 11.2. The topological polar surface area (TPSA) is 29.9 Å². The van der Waals surface area contributed by atoms with Crippen molar-refractivity contribution in [2.45, 2.75) is 90.6 Å². The van der Waals surface area contributed by atoms with Gasteiger partial charge in [0.05, 0.1) is 6.54 Å². The smallest absolute Gasteiger partial charge is 0.0559 e. The molecule has 0 saturated carbocycles. The molecule has 0 aliphatic carbocycles. The highest BCUT2D eigenvalue weighted by Crippen LogP contribution is 2.10. The Morgan fingerprint density at radius 3 is 2.14 bits per heavy atom. The molecule has 0 bridgehead atoms. The molecule has 1 rings (SSSR count). The summed E-state index contributed by atoms with van der Waals surface area (Å²) in [6.45, 7) is 6.62. The number of hydrogen-bond donors (Lipinski definition) is 1. The molecule has 1 N–H and O–H groups in total. The Labute approximate surface area is 131 Å². The fraction of sp³-hybridized carbons (Fsp3) is 0.833. The van der Waals surface area contributed by atoms with Crippen LogP contribution in [0.15, 0.2) is 18.5 Å². The van der Waals surface area contributed by atoms with Gasteiger partial charge in [-0.2, -0.15) is 5.10 Å². The molecule has 0 radical (unpaired) electrons. The summed E-state index contributed by atoms with van der Waals surface area (Å²) < 4.78 is 2.00. The molecule has 1 heterocycles. The second kappa shape index (κ2) is 12.9. The number of aromatic nitrogens is 2. The van der Waals surface area contributed by atoms with E-state index in [1.807, 2.05) is 23.1 Å². The van der Waals surface area contributed by atoms with Crippen LogP contribution in [-0.2, 0) is 6.54 Å². The van der Waals surface area contributed by atoms with Crippen molar-refractivity contribution < 1.29 is 0 Å². The lowest BCUT2D eigenvalue weighted by molar-refractivity contribution is 0.441. The zero-order chi connectivity index (χ0) is 15.2. The molecule has 3 heteroatoms. The van der Waals surface area contributed by atoms with Gasteiger partial charge in [-0.3, -0.25) is 4.68 Å². The van der Waals surface area contributed by atoms with Crippen molar-refractivity contribution in [2.75, 3.05) is 6.54 Å². The summed E-state index contributed by atoms with van der Waals surface area (Å²) in [7, 11) is 0. The van der Waals surface area contributed by atoms with Crippen molar-refractivity contribution >= 4 is 0 Å². The second-order valence-electron chi connectivity index (χ2n) is 6.27. The normalized spacial score (nSPS) is 12.7. The Hall–Kier alpha value is -0.830. The van der Waals surface area contributed by atoms with E-state index in [1.54, 1.807) is 0 Å². The average Bonchev–Trinajstić information content (AvgIpc) is 2.97. The monoisotopic (exact) mass is 293 g/mol. The van der Waals surface area contributed by atoms with E-state index in [0.29, 0.717) is 6.04 Å². The summed E-state index contributed by atoms with van der Waals surface area (Å²) in [5.74, 6) is 0. The van der Waals surface area contributed by atoms with Gasteiger partial charge >= 0.3 is 0 Å². The molecule has 0 amide bonds. The van der Waals surface area contributed by atoms with Crippen LogP contribution in [0.2, 0.25) is 0 Å². The van der Waals surface area contributed by atoms with Crippen molar-refractivity contribution in [3.63, 3.8) is 0 Å². The first-order chi connectivity index (χ1) is 10.3. The first kappa shape index (κ1) is 18.2. The van der Waals surface area contributed by atoms with Crippen molar-refractivity contribution in [1.82, 2.24) is 15.1 Å². The molecule has 1 atom stereocenters. The van der Waals surface area contributed by atoms with Crippen LogP contribution < -0.4 is 5.32 Å². The van der Waals surface area contributed by atoms with Gasteiger partial charge in [0.15, 0.2) is 0 Å². The molecule has 0 fully saturated rings. The molecule has 0 saturated heterocycles. The number of unbranched alkanes of at least 4 members (excludes halogenated alkanes) is 9.